The highest BCUT2D eigenvalue weighted by Crippen LogP contribution is 2.27. The maximum Gasteiger partial charge on any atom is 0.220 e. The molecule has 1 aliphatic rings. The standard InChI is InChI=1S/C19H23ClN2O3S2/c20-16-9-7-15(8-10-16)19(17-5-3-13-26-17)21-18(23)6-4-14-27(24,25)22-11-1-2-12-22/h3,5,7-10,13,19H,1-2,4,6,11-12,14H2,(H,21,23). The van der Waals surface area contributed by atoms with E-state index in [2.05, 4.69) is 5.32 Å². The van der Waals surface area contributed by atoms with E-state index in [0.717, 1.165) is 23.3 Å². The molecule has 1 saturated heterocycles. The summed E-state index contributed by atoms with van der Waals surface area (Å²) in [5.74, 6) is -0.134. The van der Waals surface area contributed by atoms with Gasteiger partial charge < -0.3 is 5.32 Å². The van der Waals surface area contributed by atoms with Crippen molar-refractivity contribution in [3.8, 4) is 0 Å². The van der Waals surface area contributed by atoms with Crippen LogP contribution in [0.2, 0.25) is 5.02 Å². The summed E-state index contributed by atoms with van der Waals surface area (Å²) in [4.78, 5) is 13.5. The van der Waals surface area contributed by atoms with Crippen molar-refractivity contribution in [2.45, 2.75) is 31.7 Å². The number of amides is 1. The van der Waals surface area contributed by atoms with Gasteiger partial charge in [-0.15, -0.1) is 11.3 Å². The lowest BCUT2D eigenvalue weighted by Gasteiger charge is -2.19. The lowest BCUT2D eigenvalue weighted by atomic mass is 10.1. The van der Waals surface area contributed by atoms with E-state index in [1.54, 1.807) is 23.5 Å². The topological polar surface area (TPSA) is 66.5 Å². The zero-order chi connectivity index (χ0) is 19.3. The summed E-state index contributed by atoms with van der Waals surface area (Å²) >= 11 is 7.53. The molecule has 1 amide bonds. The van der Waals surface area contributed by atoms with Gasteiger partial charge in [0.15, 0.2) is 0 Å². The maximum absolute atomic E-state index is 12.5. The van der Waals surface area contributed by atoms with Crippen LogP contribution in [0.3, 0.4) is 0 Å². The lowest BCUT2D eigenvalue weighted by molar-refractivity contribution is -0.121. The predicted octanol–water partition coefficient (Wildman–Crippen LogP) is 3.81. The van der Waals surface area contributed by atoms with Crippen molar-refractivity contribution < 1.29 is 13.2 Å². The van der Waals surface area contributed by atoms with Crippen LogP contribution in [0.1, 0.15) is 42.2 Å². The molecule has 1 fully saturated rings. The minimum Gasteiger partial charge on any atom is -0.344 e. The van der Waals surface area contributed by atoms with Gasteiger partial charge in [-0.25, -0.2) is 12.7 Å². The number of carbonyl (C=O) groups is 1. The van der Waals surface area contributed by atoms with Crippen molar-refractivity contribution in [3.05, 3.63) is 57.2 Å². The zero-order valence-electron chi connectivity index (χ0n) is 14.9. The van der Waals surface area contributed by atoms with Gasteiger partial charge in [-0.1, -0.05) is 29.8 Å². The lowest BCUT2D eigenvalue weighted by Crippen LogP contribution is -2.32. The van der Waals surface area contributed by atoms with Gasteiger partial charge in [0.1, 0.15) is 0 Å². The van der Waals surface area contributed by atoms with Gasteiger partial charge in [0.25, 0.3) is 0 Å². The Morgan fingerprint density at radius 2 is 1.89 bits per heavy atom. The third kappa shape index (κ3) is 5.54. The van der Waals surface area contributed by atoms with E-state index in [-0.39, 0.29) is 24.1 Å². The second-order valence-electron chi connectivity index (χ2n) is 6.59. The van der Waals surface area contributed by atoms with E-state index in [1.807, 2.05) is 29.6 Å². The Balaban J connectivity index is 1.59. The molecule has 1 atom stereocenters. The predicted molar refractivity (Wildman–Crippen MR) is 110 cm³/mol. The summed E-state index contributed by atoms with van der Waals surface area (Å²) in [5, 5.41) is 5.64. The first-order valence-electron chi connectivity index (χ1n) is 9.02. The summed E-state index contributed by atoms with van der Waals surface area (Å²) < 4.78 is 26.1. The van der Waals surface area contributed by atoms with Crippen molar-refractivity contribution in [2.75, 3.05) is 18.8 Å². The molecule has 1 aliphatic heterocycles. The quantitative estimate of drug-likeness (QED) is 0.697. The second-order valence-corrected chi connectivity index (χ2v) is 10.1. The molecule has 1 unspecified atom stereocenters. The van der Waals surface area contributed by atoms with Crippen LogP contribution in [-0.2, 0) is 14.8 Å². The van der Waals surface area contributed by atoms with Gasteiger partial charge in [-0.05, 0) is 48.4 Å². The number of benzene rings is 1. The first-order valence-corrected chi connectivity index (χ1v) is 11.9. The SMILES string of the molecule is O=C(CCCS(=O)(=O)N1CCCC1)NC(c1ccc(Cl)cc1)c1cccs1. The third-order valence-corrected chi connectivity index (χ3v) is 7.75. The average Bonchev–Trinajstić information content (AvgIpc) is 3.34. The number of sulfonamides is 1. The summed E-state index contributed by atoms with van der Waals surface area (Å²) in [6.07, 6.45) is 2.34. The molecule has 0 radical (unpaired) electrons. The molecular weight excluding hydrogens is 404 g/mol. The van der Waals surface area contributed by atoms with Crippen molar-refractivity contribution in [1.29, 1.82) is 0 Å². The highest BCUT2D eigenvalue weighted by Gasteiger charge is 2.25. The highest BCUT2D eigenvalue weighted by molar-refractivity contribution is 7.89. The Morgan fingerprint density at radius 1 is 1.19 bits per heavy atom. The zero-order valence-corrected chi connectivity index (χ0v) is 17.3. The van der Waals surface area contributed by atoms with E-state index in [0.29, 0.717) is 24.5 Å². The minimum atomic E-state index is -3.24. The molecule has 2 heterocycles. The number of thiophene rings is 1. The van der Waals surface area contributed by atoms with Crippen LogP contribution in [0.4, 0.5) is 0 Å². The molecule has 5 nitrogen and oxygen atoms in total. The number of hydrogen-bond donors (Lipinski definition) is 1. The fraction of sp³-hybridized carbons (Fsp3) is 0.421. The molecule has 2 aromatic rings. The summed E-state index contributed by atoms with van der Waals surface area (Å²) in [5.41, 5.74) is 0.944. The minimum absolute atomic E-state index is 0.0189. The normalized spacial score (nSPS) is 16.3. The van der Waals surface area contributed by atoms with Gasteiger partial charge in [-0.3, -0.25) is 4.79 Å². The number of nitrogens with one attached hydrogen (secondary N) is 1. The Labute approximate surface area is 169 Å². The smallest absolute Gasteiger partial charge is 0.220 e. The molecule has 27 heavy (non-hydrogen) atoms. The number of halogens is 1. The van der Waals surface area contributed by atoms with E-state index in [9.17, 15) is 13.2 Å². The maximum atomic E-state index is 12.5. The fourth-order valence-electron chi connectivity index (χ4n) is 3.17. The Bertz CT molecular complexity index is 846. The Kier molecular flexibility index (Phi) is 6.92. The van der Waals surface area contributed by atoms with Crippen LogP contribution in [0.15, 0.2) is 41.8 Å². The van der Waals surface area contributed by atoms with Gasteiger partial charge >= 0.3 is 0 Å². The largest absolute Gasteiger partial charge is 0.344 e. The number of rotatable bonds is 8. The molecule has 0 aliphatic carbocycles. The number of nitrogens with zero attached hydrogens (tertiary/aromatic N) is 1. The van der Waals surface area contributed by atoms with Crippen LogP contribution in [0, 0.1) is 0 Å². The molecule has 3 rings (SSSR count). The monoisotopic (exact) mass is 426 g/mol. The van der Waals surface area contributed by atoms with Gasteiger partial charge in [0.05, 0.1) is 11.8 Å². The first kappa shape index (κ1) is 20.3. The molecule has 146 valence electrons. The van der Waals surface area contributed by atoms with E-state index >= 15 is 0 Å². The van der Waals surface area contributed by atoms with E-state index in [1.165, 1.54) is 4.31 Å². The Hall–Kier alpha value is -1.41. The molecule has 0 saturated carbocycles. The first-order chi connectivity index (χ1) is 13.0. The summed E-state index contributed by atoms with van der Waals surface area (Å²) in [6.45, 7) is 1.21. The molecule has 1 N–H and O–H groups in total. The van der Waals surface area contributed by atoms with Crippen LogP contribution >= 0.6 is 22.9 Å². The highest BCUT2D eigenvalue weighted by atomic mass is 35.5. The average molecular weight is 427 g/mol. The summed E-state index contributed by atoms with van der Waals surface area (Å²) in [6, 6.07) is 11.0. The summed E-state index contributed by atoms with van der Waals surface area (Å²) in [7, 11) is -3.24. The molecule has 0 bridgehead atoms. The van der Waals surface area contributed by atoms with E-state index < -0.39 is 10.0 Å². The van der Waals surface area contributed by atoms with Crippen molar-refractivity contribution in [3.63, 3.8) is 0 Å². The molecule has 8 heteroatoms. The van der Waals surface area contributed by atoms with Crippen LogP contribution in [-0.4, -0.2) is 37.5 Å². The van der Waals surface area contributed by atoms with Gasteiger partial charge in [0.2, 0.25) is 15.9 Å². The number of hydrogen-bond acceptors (Lipinski definition) is 4. The Morgan fingerprint density at radius 3 is 2.52 bits per heavy atom. The van der Waals surface area contributed by atoms with Crippen molar-refractivity contribution >= 4 is 38.9 Å². The van der Waals surface area contributed by atoms with Crippen LogP contribution in [0.5, 0.6) is 0 Å². The molecule has 0 spiro atoms. The molecule has 1 aromatic heterocycles. The number of carbonyl (C=O) groups excluding carboxylic acids is 1. The molecule has 1 aromatic carbocycles. The second kappa shape index (κ2) is 9.19. The van der Waals surface area contributed by atoms with Gasteiger partial charge in [0, 0.05) is 29.4 Å². The van der Waals surface area contributed by atoms with Crippen molar-refractivity contribution in [2.24, 2.45) is 0 Å². The van der Waals surface area contributed by atoms with Gasteiger partial charge in [-0.2, -0.15) is 0 Å². The van der Waals surface area contributed by atoms with Crippen LogP contribution in [0.25, 0.3) is 0 Å². The molecular formula is C19H23ClN2O3S2. The fourth-order valence-corrected chi connectivity index (χ4v) is 5.68. The van der Waals surface area contributed by atoms with E-state index in [4.69, 9.17) is 11.6 Å². The third-order valence-electron chi connectivity index (χ3n) is 4.60. The van der Waals surface area contributed by atoms with Crippen molar-refractivity contribution in [1.82, 2.24) is 9.62 Å². The van der Waals surface area contributed by atoms with Crippen LogP contribution < -0.4 is 5.32 Å².